The van der Waals surface area contributed by atoms with Crippen molar-refractivity contribution in [1.29, 1.82) is 0 Å². The van der Waals surface area contributed by atoms with Gasteiger partial charge in [-0.3, -0.25) is 0 Å². The van der Waals surface area contributed by atoms with E-state index in [0.29, 0.717) is 17.9 Å². The zero-order valence-corrected chi connectivity index (χ0v) is 14.1. The van der Waals surface area contributed by atoms with Gasteiger partial charge in [0.1, 0.15) is 0 Å². The molecule has 120 valence electrons. The maximum Gasteiger partial charge on any atom is 0.243 e. The minimum atomic E-state index is -3.45. The maximum atomic E-state index is 12.7. The smallest absolute Gasteiger partial charge is 0.243 e. The van der Waals surface area contributed by atoms with Crippen molar-refractivity contribution >= 4 is 20.9 Å². The second kappa shape index (κ2) is 6.18. The van der Waals surface area contributed by atoms with Gasteiger partial charge in [-0.1, -0.05) is 36.4 Å². The summed E-state index contributed by atoms with van der Waals surface area (Å²) in [6.07, 6.45) is 2.63. The van der Waals surface area contributed by atoms with Crippen molar-refractivity contribution in [2.45, 2.75) is 18.2 Å². The molecule has 0 saturated heterocycles. The van der Waals surface area contributed by atoms with E-state index in [2.05, 4.69) is 11.1 Å². The molecule has 0 aliphatic heterocycles. The van der Waals surface area contributed by atoms with Crippen LogP contribution in [0, 0.1) is 6.92 Å². The molecule has 23 heavy (non-hydrogen) atoms. The van der Waals surface area contributed by atoms with Gasteiger partial charge in [-0.2, -0.15) is 0 Å². The molecule has 0 aliphatic rings. The number of hydrogen-bond donors (Lipinski definition) is 1. The monoisotopic (exact) mass is 328 g/mol. The van der Waals surface area contributed by atoms with Crippen LogP contribution in [0.25, 0.3) is 10.9 Å². The lowest BCUT2D eigenvalue weighted by molar-refractivity contribution is 0.472. The Morgan fingerprint density at radius 2 is 1.74 bits per heavy atom. The number of hydrogen-bond acceptors (Lipinski definition) is 2. The second-order valence-electron chi connectivity index (χ2n) is 5.70. The molecule has 3 aromatic rings. The van der Waals surface area contributed by atoms with Crippen molar-refractivity contribution in [2.24, 2.45) is 0 Å². The van der Waals surface area contributed by atoms with Crippen molar-refractivity contribution < 1.29 is 8.42 Å². The van der Waals surface area contributed by atoms with E-state index in [4.69, 9.17) is 0 Å². The fraction of sp³-hybridized carbons (Fsp3) is 0.222. The highest BCUT2D eigenvalue weighted by atomic mass is 32.2. The minimum absolute atomic E-state index is 0.376. The van der Waals surface area contributed by atoms with E-state index < -0.39 is 10.0 Å². The molecular formula is C18H20N2O2S. The molecule has 2 aromatic carbocycles. The average Bonchev–Trinajstić information content (AvgIpc) is 2.96. The Kier molecular flexibility index (Phi) is 4.24. The molecule has 0 saturated carbocycles. The van der Waals surface area contributed by atoms with Crippen LogP contribution >= 0.6 is 0 Å². The molecule has 1 N–H and O–H groups in total. The molecule has 0 atom stereocenters. The Bertz CT molecular complexity index is 929. The van der Waals surface area contributed by atoms with Gasteiger partial charge in [0.25, 0.3) is 0 Å². The Hall–Kier alpha value is -2.11. The summed E-state index contributed by atoms with van der Waals surface area (Å²) in [5.41, 5.74) is 2.98. The lowest BCUT2D eigenvalue weighted by Crippen LogP contribution is -2.29. The number of nitrogens with one attached hydrogen (secondary N) is 1. The maximum absolute atomic E-state index is 12.7. The minimum Gasteiger partial charge on any atom is -0.361 e. The summed E-state index contributed by atoms with van der Waals surface area (Å²) < 4.78 is 26.8. The third kappa shape index (κ3) is 3.02. The van der Waals surface area contributed by atoms with Crippen LogP contribution in [0.3, 0.4) is 0 Å². The molecule has 0 amide bonds. The quantitative estimate of drug-likeness (QED) is 0.781. The van der Waals surface area contributed by atoms with Crippen molar-refractivity contribution in [3.63, 3.8) is 0 Å². The summed E-state index contributed by atoms with van der Waals surface area (Å²) in [7, 11) is -1.82. The molecule has 0 aliphatic carbocycles. The topological polar surface area (TPSA) is 53.2 Å². The number of fused-ring (bicyclic) bond motifs is 1. The standard InChI is InChI=1S/C18H20N2O2S/c1-14-7-3-6-10-18(14)23(21,22)20(2)12-11-15-13-19-17-9-5-4-8-16(15)17/h3-10,13,19H,11-12H2,1-2H3. The first-order valence-electron chi connectivity index (χ1n) is 7.57. The van der Waals surface area contributed by atoms with E-state index in [-0.39, 0.29) is 0 Å². The Balaban J connectivity index is 1.79. The molecule has 0 radical (unpaired) electrons. The van der Waals surface area contributed by atoms with Crippen LogP contribution in [0.5, 0.6) is 0 Å². The number of aryl methyl sites for hydroxylation is 1. The van der Waals surface area contributed by atoms with Gasteiger partial charge in [0.05, 0.1) is 4.90 Å². The number of aromatic amines is 1. The molecule has 3 rings (SSSR count). The normalized spacial score (nSPS) is 12.1. The Labute approximate surface area is 136 Å². The van der Waals surface area contributed by atoms with Gasteiger partial charge >= 0.3 is 0 Å². The van der Waals surface area contributed by atoms with Gasteiger partial charge < -0.3 is 4.98 Å². The van der Waals surface area contributed by atoms with E-state index in [1.165, 1.54) is 4.31 Å². The molecule has 0 bridgehead atoms. The molecule has 0 fully saturated rings. The van der Waals surface area contributed by atoms with Crippen LogP contribution < -0.4 is 0 Å². The lowest BCUT2D eigenvalue weighted by Gasteiger charge is -2.18. The van der Waals surface area contributed by atoms with E-state index in [1.54, 1.807) is 19.2 Å². The van der Waals surface area contributed by atoms with E-state index in [1.807, 2.05) is 43.5 Å². The molecule has 5 heteroatoms. The number of para-hydroxylation sites is 1. The van der Waals surface area contributed by atoms with Crippen molar-refractivity contribution in [3.05, 3.63) is 65.9 Å². The van der Waals surface area contributed by atoms with Crippen molar-refractivity contribution in [1.82, 2.24) is 9.29 Å². The molecule has 1 aromatic heterocycles. The third-order valence-electron chi connectivity index (χ3n) is 4.15. The first-order chi connectivity index (χ1) is 11.0. The first-order valence-corrected chi connectivity index (χ1v) is 9.01. The van der Waals surface area contributed by atoms with Crippen LogP contribution in [0.4, 0.5) is 0 Å². The number of nitrogens with zero attached hydrogens (tertiary/aromatic N) is 1. The fourth-order valence-electron chi connectivity index (χ4n) is 2.75. The predicted octanol–water partition coefficient (Wildman–Crippen LogP) is 3.34. The molecule has 0 unspecified atom stereocenters. The molecule has 0 spiro atoms. The summed E-state index contributed by atoms with van der Waals surface area (Å²) in [5, 5.41) is 1.15. The highest BCUT2D eigenvalue weighted by molar-refractivity contribution is 7.89. The fourth-order valence-corrected chi connectivity index (χ4v) is 4.14. The van der Waals surface area contributed by atoms with Crippen LogP contribution in [-0.4, -0.2) is 31.3 Å². The van der Waals surface area contributed by atoms with Crippen LogP contribution in [0.15, 0.2) is 59.6 Å². The number of aromatic nitrogens is 1. The summed E-state index contributed by atoms with van der Waals surface area (Å²) >= 11 is 0. The number of H-pyrrole nitrogens is 1. The zero-order chi connectivity index (χ0) is 16.4. The van der Waals surface area contributed by atoms with Gasteiger partial charge in [0, 0.05) is 30.7 Å². The van der Waals surface area contributed by atoms with E-state index >= 15 is 0 Å². The zero-order valence-electron chi connectivity index (χ0n) is 13.3. The molecule has 4 nitrogen and oxygen atoms in total. The van der Waals surface area contributed by atoms with E-state index in [0.717, 1.165) is 22.0 Å². The molecular weight excluding hydrogens is 308 g/mol. The van der Waals surface area contributed by atoms with Crippen LogP contribution in [0.2, 0.25) is 0 Å². The number of likely N-dealkylation sites (N-methyl/N-ethyl adjacent to an activating group) is 1. The van der Waals surface area contributed by atoms with Crippen molar-refractivity contribution in [2.75, 3.05) is 13.6 Å². The van der Waals surface area contributed by atoms with Crippen LogP contribution in [-0.2, 0) is 16.4 Å². The number of rotatable bonds is 5. The number of benzene rings is 2. The predicted molar refractivity (Wildman–Crippen MR) is 93.0 cm³/mol. The Morgan fingerprint density at radius 1 is 1.04 bits per heavy atom. The van der Waals surface area contributed by atoms with Gasteiger partial charge in [-0.25, -0.2) is 12.7 Å². The first kappa shape index (κ1) is 15.8. The lowest BCUT2D eigenvalue weighted by atomic mass is 10.1. The highest BCUT2D eigenvalue weighted by Crippen LogP contribution is 2.21. The van der Waals surface area contributed by atoms with E-state index in [9.17, 15) is 8.42 Å². The third-order valence-corrected chi connectivity index (χ3v) is 6.17. The number of sulfonamides is 1. The average molecular weight is 328 g/mol. The largest absolute Gasteiger partial charge is 0.361 e. The summed E-state index contributed by atoms with van der Waals surface area (Å²) in [4.78, 5) is 3.60. The van der Waals surface area contributed by atoms with Gasteiger partial charge in [0.15, 0.2) is 0 Å². The SMILES string of the molecule is Cc1ccccc1S(=O)(=O)N(C)CCc1c[nH]c2ccccc12. The van der Waals surface area contributed by atoms with Crippen molar-refractivity contribution in [3.8, 4) is 0 Å². The summed E-state index contributed by atoms with van der Waals surface area (Å²) in [5.74, 6) is 0. The van der Waals surface area contributed by atoms with Crippen LogP contribution in [0.1, 0.15) is 11.1 Å². The molecule has 1 heterocycles. The summed E-state index contributed by atoms with van der Waals surface area (Å²) in [6.45, 7) is 2.26. The summed E-state index contributed by atoms with van der Waals surface area (Å²) in [6, 6.07) is 15.1. The van der Waals surface area contributed by atoms with Gasteiger partial charge in [-0.05, 0) is 36.6 Å². The van der Waals surface area contributed by atoms with Gasteiger partial charge in [-0.15, -0.1) is 0 Å². The Morgan fingerprint density at radius 3 is 2.52 bits per heavy atom. The van der Waals surface area contributed by atoms with Gasteiger partial charge in [0.2, 0.25) is 10.0 Å². The highest BCUT2D eigenvalue weighted by Gasteiger charge is 2.22. The second-order valence-corrected chi connectivity index (χ2v) is 7.71.